The van der Waals surface area contributed by atoms with Crippen molar-refractivity contribution in [2.24, 2.45) is 11.8 Å². The molecule has 0 unspecified atom stereocenters. The van der Waals surface area contributed by atoms with Crippen LogP contribution in [0.2, 0.25) is 0 Å². The van der Waals surface area contributed by atoms with Gasteiger partial charge in [-0.15, -0.1) is 0 Å². The average molecular weight is 350 g/mol. The molecule has 0 fully saturated rings. The van der Waals surface area contributed by atoms with Gasteiger partial charge in [0.15, 0.2) is 0 Å². The number of hydrogen-bond acceptors (Lipinski definition) is 3. The fourth-order valence-corrected chi connectivity index (χ4v) is 2.63. The van der Waals surface area contributed by atoms with Crippen LogP contribution in [0, 0.1) is 11.8 Å². The summed E-state index contributed by atoms with van der Waals surface area (Å²) >= 11 is 0. The second kappa shape index (κ2) is 9.85. The number of aliphatic hydroxyl groups excluding tert-OH is 2. The van der Waals surface area contributed by atoms with E-state index in [0.717, 1.165) is 11.1 Å². The Morgan fingerprint density at radius 3 is 1.42 bits per heavy atom. The highest BCUT2D eigenvalue weighted by molar-refractivity contribution is 5.84. The number of aliphatic hydroxyl groups is 2. The average Bonchev–Trinajstić information content (AvgIpc) is 2.70. The second-order valence-corrected chi connectivity index (χ2v) is 6.50. The third kappa shape index (κ3) is 5.80. The lowest BCUT2D eigenvalue weighted by molar-refractivity contribution is -0.130. The van der Waals surface area contributed by atoms with Gasteiger partial charge in [-0.1, -0.05) is 98.8 Å². The van der Waals surface area contributed by atoms with Gasteiger partial charge in [-0.25, -0.2) is 0 Å². The van der Waals surface area contributed by atoms with E-state index in [1.165, 1.54) is 0 Å². The molecule has 4 atom stereocenters. The number of ketones is 1. The van der Waals surface area contributed by atoms with Crippen molar-refractivity contribution in [3.63, 3.8) is 0 Å². The molecule has 0 amide bonds. The van der Waals surface area contributed by atoms with Gasteiger partial charge >= 0.3 is 0 Å². The molecule has 3 nitrogen and oxygen atoms in total. The largest absolute Gasteiger partial charge is 0.388 e. The van der Waals surface area contributed by atoms with E-state index in [0.29, 0.717) is 0 Å². The molecule has 0 aliphatic heterocycles. The van der Waals surface area contributed by atoms with E-state index in [1.54, 1.807) is 38.2 Å². The maximum Gasteiger partial charge on any atom is 0.144 e. The summed E-state index contributed by atoms with van der Waals surface area (Å²) in [6, 6.07) is 19.2. The van der Waals surface area contributed by atoms with Crippen molar-refractivity contribution in [2.75, 3.05) is 0 Å². The minimum atomic E-state index is -0.893. The van der Waals surface area contributed by atoms with Crippen LogP contribution in [-0.4, -0.2) is 28.2 Å². The molecular formula is C23H26O3. The van der Waals surface area contributed by atoms with E-state index in [4.69, 9.17) is 0 Å². The molecule has 0 saturated carbocycles. The Kier molecular flexibility index (Phi) is 7.52. The molecule has 0 aliphatic carbocycles. The molecule has 2 rings (SSSR count). The van der Waals surface area contributed by atoms with Gasteiger partial charge in [-0.05, 0) is 11.1 Å². The van der Waals surface area contributed by atoms with E-state index in [-0.39, 0.29) is 5.78 Å². The molecule has 0 aliphatic rings. The topological polar surface area (TPSA) is 57.5 Å². The Morgan fingerprint density at radius 1 is 0.731 bits per heavy atom. The first kappa shape index (κ1) is 19.8. The molecule has 0 saturated heterocycles. The number of hydrogen-bond donors (Lipinski definition) is 2. The molecule has 26 heavy (non-hydrogen) atoms. The molecule has 3 heteroatoms. The highest BCUT2D eigenvalue weighted by atomic mass is 16.3. The molecule has 2 aromatic carbocycles. The monoisotopic (exact) mass is 350 g/mol. The van der Waals surface area contributed by atoms with Crippen LogP contribution >= 0.6 is 0 Å². The lowest BCUT2D eigenvalue weighted by Crippen LogP contribution is -2.33. The minimum Gasteiger partial charge on any atom is -0.388 e. The van der Waals surface area contributed by atoms with E-state index in [9.17, 15) is 15.0 Å². The Hall–Kier alpha value is -2.49. The molecular weight excluding hydrogens is 324 g/mol. The zero-order valence-electron chi connectivity index (χ0n) is 15.2. The van der Waals surface area contributed by atoms with Gasteiger partial charge < -0.3 is 10.2 Å². The Bertz CT molecular complexity index is 671. The van der Waals surface area contributed by atoms with Crippen molar-refractivity contribution in [1.29, 1.82) is 0 Å². The molecule has 2 aromatic rings. The normalized spacial score (nSPS) is 16.5. The van der Waals surface area contributed by atoms with E-state index in [1.807, 2.05) is 60.7 Å². The van der Waals surface area contributed by atoms with Crippen molar-refractivity contribution < 1.29 is 15.0 Å². The van der Waals surface area contributed by atoms with Crippen molar-refractivity contribution >= 4 is 17.9 Å². The van der Waals surface area contributed by atoms with Gasteiger partial charge in [0.2, 0.25) is 0 Å². The number of carbonyl (C=O) groups excluding carboxylic acids is 1. The van der Waals surface area contributed by atoms with Crippen LogP contribution in [0.1, 0.15) is 25.0 Å². The molecule has 136 valence electrons. The van der Waals surface area contributed by atoms with Crippen LogP contribution in [0.15, 0.2) is 72.8 Å². The third-order valence-corrected chi connectivity index (χ3v) is 4.49. The first-order valence-electron chi connectivity index (χ1n) is 8.85. The highest BCUT2D eigenvalue weighted by Crippen LogP contribution is 2.18. The lowest BCUT2D eigenvalue weighted by Gasteiger charge is -2.21. The van der Waals surface area contributed by atoms with Gasteiger partial charge in [0.25, 0.3) is 0 Å². The summed E-state index contributed by atoms with van der Waals surface area (Å²) in [5.41, 5.74) is 1.93. The smallest absolute Gasteiger partial charge is 0.144 e. The number of carbonyl (C=O) groups is 1. The van der Waals surface area contributed by atoms with Gasteiger partial charge in [0, 0.05) is 11.8 Å². The van der Waals surface area contributed by atoms with Crippen molar-refractivity contribution in [3.05, 3.63) is 83.9 Å². The minimum absolute atomic E-state index is 0.166. The third-order valence-electron chi connectivity index (χ3n) is 4.49. The van der Waals surface area contributed by atoms with Crippen molar-refractivity contribution in [2.45, 2.75) is 26.1 Å². The van der Waals surface area contributed by atoms with Crippen LogP contribution in [0.4, 0.5) is 0 Å². The summed E-state index contributed by atoms with van der Waals surface area (Å²) in [6.45, 7) is 3.37. The summed E-state index contributed by atoms with van der Waals surface area (Å²) in [5, 5.41) is 20.6. The fraction of sp³-hybridized carbons (Fsp3) is 0.261. The van der Waals surface area contributed by atoms with Crippen molar-refractivity contribution in [1.82, 2.24) is 0 Å². The summed E-state index contributed by atoms with van der Waals surface area (Å²) in [4.78, 5) is 12.6. The standard InChI is InChI=1S/C23H26O3/c1-17(21(24)15-13-19-9-5-3-6-10-19)23(26)18(2)22(25)16-14-20-11-7-4-8-12-20/h3-18,21-22,24-25H,1-2H3/b15-13+,16-14+/t17-,18-,21+,22+/m0/s1. The molecule has 2 N–H and O–H groups in total. The number of benzene rings is 2. The quantitative estimate of drug-likeness (QED) is 0.757. The van der Waals surface area contributed by atoms with Crippen LogP contribution in [-0.2, 0) is 4.79 Å². The summed E-state index contributed by atoms with van der Waals surface area (Å²) < 4.78 is 0. The highest BCUT2D eigenvalue weighted by Gasteiger charge is 2.28. The maximum atomic E-state index is 12.6. The van der Waals surface area contributed by atoms with Gasteiger partial charge in [-0.3, -0.25) is 4.79 Å². The summed E-state index contributed by atoms with van der Waals surface area (Å²) in [5.74, 6) is -1.35. The first-order chi connectivity index (χ1) is 12.5. The van der Waals surface area contributed by atoms with Crippen molar-refractivity contribution in [3.8, 4) is 0 Å². The molecule has 0 bridgehead atoms. The molecule has 0 spiro atoms. The van der Waals surface area contributed by atoms with Gasteiger partial charge in [-0.2, -0.15) is 0 Å². The van der Waals surface area contributed by atoms with Gasteiger partial charge in [0.05, 0.1) is 12.2 Å². The predicted molar refractivity (Wildman–Crippen MR) is 106 cm³/mol. The maximum absolute atomic E-state index is 12.6. The summed E-state index contributed by atoms with van der Waals surface area (Å²) in [7, 11) is 0. The summed E-state index contributed by atoms with van der Waals surface area (Å²) in [6.07, 6.45) is 5.05. The van der Waals surface area contributed by atoms with Crippen LogP contribution < -0.4 is 0 Å². The number of rotatable bonds is 8. The molecule has 0 heterocycles. The second-order valence-electron chi connectivity index (χ2n) is 6.50. The Morgan fingerprint density at radius 2 is 1.08 bits per heavy atom. The molecule has 0 radical (unpaired) electrons. The predicted octanol–water partition coefficient (Wildman–Crippen LogP) is 3.98. The van der Waals surface area contributed by atoms with Crippen LogP contribution in [0.25, 0.3) is 12.2 Å². The number of Topliss-reactive ketones (excluding diaryl/α,β-unsaturated/α-hetero) is 1. The lowest BCUT2D eigenvalue weighted by atomic mass is 9.87. The van der Waals surface area contributed by atoms with E-state index in [2.05, 4.69) is 0 Å². The SMILES string of the molecule is C[C@H](C(=O)[C@@H](C)[C@H](O)/C=C/c1ccccc1)[C@H](O)/C=C/c1ccccc1. The van der Waals surface area contributed by atoms with E-state index < -0.39 is 24.0 Å². The Labute approximate surface area is 155 Å². The molecule has 0 aromatic heterocycles. The van der Waals surface area contributed by atoms with Gasteiger partial charge in [0.1, 0.15) is 5.78 Å². The van der Waals surface area contributed by atoms with Crippen LogP contribution in [0.5, 0.6) is 0 Å². The fourth-order valence-electron chi connectivity index (χ4n) is 2.63. The first-order valence-corrected chi connectivity index (χ1v) is 8.85. The van der Waals surface area contributed by atoms with E-state index >= 15 is 0 Å². The zero-order valence-corrected chi connectivity index (χ0v) is 15.2. The Balaban J connectivity index is 1.95. The van der Waals surface area contributed by atoms with Crippen LogP contribution in [0.3, 0.4) is 0 Å². The zero-order chi connectivity index (χ0) is 18.9.